The van der Waals surface area contributed by atoms with E-state index in [-0.39, 0.29) is 5.41 Å². The van der Waals surface area contributed by atoms with Gasteiger partial charge in [-0.2, -0.15) is 0 Å². The Morgan fingerprint density at radius 1 is 0.760 bits per heavy atom. The van der Waals surface area contributed by atoms with Gasteiger partial charge < -0.3 is 0 Å². The largest absolute Gasteiger partial charge is 0.0836 e. The predicted molar refractivity (Wildman–Crippen MR) is 107 cm³/mol. The van der Waals surface area contributed by atoms with E-state index < -0.39 is 0 Å². The van der Waals surface area contributed by atoms with Crippen molar-refractivity contribution in [2.24, 2.45) is 0 Å². The van der Waals surface area contributed by atoms with Crippen LogP contribution in [-0.4, -0.2) is 0 Å². The molecule has 0 heteroatoms. The van der Waals surface area contributed by atoms with E-state index in [1.165, 1.54) is 44.5 Å². The van der Waals surface area contributed by atoms with Crippen LogP contribution >= 0.6 is 0 Å². The second-order valence-electron chi connectivity index (χ2n) is 7.79. The van der Waals surface area contributed by atoms with E-state index in [0.717, 1.165) is 12.8 Å². The lowest BCUT2D eigenvalue weighted by Crippen LogP contribution is -2.14. The molecular weight excluding hydrogens is 300 g/mol. The minimum atomic E-state index is 0.0683. The molecule has 5 rings (SSSR count). The first-order valence-electron chi connectivity index (χ1n) is 9.19. The van der Waals surface area contributed by atoms with Gasteiger partial charge in [-0.05, 0) is 63.4 Å². The third-order valence-electron chi connectivity index (χ3n) is 5.94. The maximum absolute atomic E-state index is 2.41. The van der Waals surface area contributed by atoms with Crippen molar-refractivity contribution in [1.82, 2.24) is 0 Å². The van der Waals surface area contributed by atoms with Gasteiger partial charge in [0.1, 0.15) is 0 Å². The number of hydrogen-bond acceptors (Lipinski definition) is 0. The molecule has 0 atom stereocenters. The van der Waals surface area contributed by atoms with E-state index in [1.807, 2.05) is 0 Å². The first kappa shape index (κ1) is 14.7. The van der Waals surface area contributed by atoms with Crippen molar-refractivity contribution >= 4 is 6.08 Å². The number of fused-ring (bicyclic) bond motifs is 4. The minimum Gasteiger partial charge on any atom is -0.0836 e. The number of aryl methyl sites for hydroxylation is 1. The van der Waals surface area contributed by atoms with Crippen molar-refractivity contribution in [3.8, 4) is 22.3 Å². The molecule has 3 aromatic carbocycles. The number of rotatable bonds is 1. The minimum absolute atomic E-state index is 0.0683. The Hall–Kier alpha value is -2.60. The summed E-state index contributed by atoms with van der Waals surface area (Å²) in [4.78, 5) is 0. The Bertz CT molecular complexity index is 1020. The van der Waals surface area contributed by atoms with Crippen LogP contribution in [-0.2, 0) is 11.8 Å². The van der Waals surface area contributed by atoms with Crippen molar-refractivity contribution in [1.29, 1.82) is 0 Å². The van der Waals surface area contributed by atoms with Gasteiger partial charge in [0.2, 0.25) is 0 Å². The highest BCUT2D eigenvalue weighted by Crippen LogP contribution is 2.49. The van der Waals surface area contributed by atoms with Crippen molar-refractivity contribution in [3.63, 3.8) is 0 Å². The van der Waals surface area contributed by atoms with E-state index in [4.69, 9.17) is 0 Å². The van der Waals surface area contributed by atoms with Crippen LogP contribution in [0.1, 0.15) is 42.5 Å². The van der Waals surface area contributed by atoms with Gasteiger partial charge >= 0.3 is 0 Å². The quantitative estimate of drug-likeness (QED) is 0.472. The molecule has 0 bridgehead atoms. The zero-order valence-corrected chi connectivity index (χ0v) is 14.8. The van der Waals surface area contributed by atoms with Crippen molar-refractivity contribution < 1.29 is 0 Å². The van der Waals surface area contributed by atoms with Crippen LogP contribution < -0.4 is 0 Å². The van der Waals surface area contributed by atoms with Gasteiger partial charge in [-0.3, -0.25) is 0 Å². The molecule has 0 heterocycles. The molecule has 0 aromatic heterocycles. The van der Waals surface area contributed by atoms with Crippen LogP contribution in [0.4, 0.5) is 0 Å². The summed E-state index contributed by atoms with van der Waals surface area (Å²) in [5.41, 5.74) is 11.3. The highest BCUT2D eigenvalue weighted by atomic mass is 14.4. The maximum Gasteiger partial charge on any atom is 0.0159 e. The van der Waals surface area contributed by atoms with Gasteiger partial charge in [-0.15, -0.1) is 0 Å². The topological polar surface area (TPSA) is 0 Å². The summed E-state index contributed by atoms with van der Waals surface area (Å²) in [6.07, 6.45) is 6.84. The molecule has 0 saturated carbocycles. The van der Waals surface area contributed by atoms with Crippen molar-refractivity contribution in [3.05, 3.63) is 89.0 Å². The Kier molecular flexibility index (Phi) is 3.06. The lowest BCUT2D eigenvalue weighted by Gasteiger charge is -2.22. The first-order valence-corrected chi connectivity index (χ1v) is 9.19. The molecule has 0 saturated heterocycles. The molecule has 0 nitrogen and oxygen atoms in total. The molecule has 0 spiro atoms. The Morgan fingerprint density at radius 3 is 2.44 bits per heavy atom. The SMILES string of the molecule is CC1(C)c2ccccc2-c2ccc(-c3ccc4c(c3)CCC=C4)cc21. The van der Waals surface area contributed by atoms with Gasteiger partial charge in [0.25, 0.3) is 0 Å². The van der Waals surface area contributed by atoms with Crippen LogP contribution in [0.25, 0.3) is 28.3 Å². The van der Waals surface area contributed by atoms with E-state index in [0.29, 0.717) is 0 Å². The highest BCUT2D eigenvalue weighted by molar-refractivity contribution is 5.83. The molecule has 2 aliphatic carbocycles. The van der Waals surface area contributed by atoms with E-state index in [2.05, 4.69) is 86.7 Å². The van der Waals surface area contributed by atoms with Crippen LogP contribution in [0.3, 0.4) is 0 Å². The predicted octanol–water partition coefficient (Wildman–Crippen LogP) is 6.62. The third kappa shape index (κ3) is 2.14. The smallest absolute Gasteiger partial charge is 0.0159 e. The molecule has 0 unspecified atom stereocenters. The van der Waals surface area contributed by atoms with Gasteiger partial charge in [0.15, 0.2) is 0 Å². The summed E-state index contributed by atoms with van der Waals surface area (Å²) >= 11 is 0. The zero-order chi connectivity index (χ0) is 17.0. The highest BCUT2D eigenvalue weighted by Gasteiger charge is 2.35. The van der Waals surface area contributed by atoms with E-state index >= 15 is 0 Å². The Balaban J connectivity index is 1.65. The Morgan fingerprint density at radius 2 is 1.52 bits per heavy atom. The lowest BCUT2D eigenvalue weighted by molar-refractivity contribution is 0.660. The fourth-order valence-electron chi connectivity index (χ4n) is 4.50. The standard InChI is InChI=1S/C25H22/c1-25(2)23-10-6-5-9-21(23)22-14-13-20(16-24(22)25)19-12-11-17-7-3-4-8-18(17)15-19/h3,5-7,9-16H,4,8H2,1-2H3. The van der Waals surface area contributed by atoms with Crippen LogP contribution in [0.15, 0.2) is 66.7 Å². The zero-order valence-electron chi connectivity index (χ0n) is 14.8. The average Bonchev–Trinajstić information content (AvgIpc) is 2.89. The number of allylic oxidation sites excluding steroid dienone is 1. The third-order valence-corrected chi connectivity index (χ3v) is 5.94. The molecule has 122 valence electrons. The number of benzene rings is 3. The maximum atomic E-state index is 2.41. The molecule has 0 amide bonds. The summed E-state index contributed by atoms with van der Waals surface area (Å²) in [5.74, 6) is 0. The van der Waals surface area contributed by atoms with Gasteiger partial charge in [0.05, 0.1) is 0 Å². The van der Waals surface area contributed by atoms with E-state index in [9.17, 15) is 0 Å². The lowest BCUT2D eigenvalue weighted by atomic mass is 9.81. The van der Waals surface area contributed by atoms with Gasteiger partial charge in [-0.25, -0.2) is 0 Å². The monoisotopic (exact) mass is 322 g/mol. The second kappa shape index (κ2) is 5.20. The summed E-state index contributed by atoms with van der Waals surface area (Å²) in [7, 11) is 0. The molecule has 0 aliphatic heterocycles. The second-order valence-corrected chi connectivity index (χ2v) is 7.79. The summed E-state index contributed by atoms with van der Waals surface area (Å²) in [6.45, 7) is 4.69. The molecule has 3 aromatic rings. The van der Waals surface area contributed by atoms with Crippen LogP contribution in [0, 0.1) is 0 Å². The molecule has 0 radical (unpaired) electrons. The molecule has 0 N–H and O–H groups in total. The van der Waals surface area contributed by atoms with Crippen LogP contribution in [0.5, 0.6) is 0 Å². The van der Waals surface area contributed by atoms with Gasteiger partial charge in [-0.1, -0.05) is 80.6 Å². The summed E-state index contributed by atoms with van der Waals surface area (Å²) in [6, 6.07) is 22.8. The fraction of sp³-hybridized carbons (Fsp3) is 0.200. The summed E-state index contributed by atoms with van der Waals surface area (Å²) < 4.78 is 0. The van der Waals surface area contributed by atoms with Crippen LogP contribution in [0.2, 0.25) is 0 Å². The average molecular weight is 322 g/mol. The van der Waals surface area contributed by atoms with E-state index in [1.54, 1.807) is 0 Å². The van der Waals surface area contributed by atoms with Gasteiger partial charge in [0, 0.05) is 5.41 Å². The fourth-order valence-corrected chi connectivity index (χ4v) is 4.50. The molecule has 25 heavy (non-hydrogen) atoms. The number of hydrogen-bond donors (Lipinski definition) is 0. The molecule has 2 aliphatic rings. The first-order chi connectivity index (χ1) is 12.1. The van der Waals surface area contributed by atoms with Crippen molar-refractivity contribution in [2.75, 3.05) is 0 Å². The normalized spacial score (nSPS) is 16.2. The molecule has 0 fully saturated rings. The summed E-state index contributed by atoms with van der Waals surface area (Å²) in [5, 5.41) is 0. The Labute approximate surface area is 149 Å². The van der Waals surface area contributed by atoms with Crippen molar-refractivity contribution in [2.45, 2.75) is 32.1 Å². The molecular formula is C25H22.